The fourth-order valence-corrected chi connectivity index (χ4v) is 2.81. The van der Waals surface area contributed by atoms with Crippen LogP contribution in [0.25, 0.3) is 0 Å². The lowest BCUT2D eigenvalue weighted by Gasteiger charge is -2.40. The van der Waals surface area contributed by atoms with E-state index in [4.69, 9.17) is 10.5 Å². The zero-order chi connectivity index (χ0) is 12.0. The second kappa shape index (κ2) is 6.58. The Hall–Kier alpha value is -0.120. The molecule has 96 valence electrons. The van der Waals surface area contributed by atoms with E-state index in [9.17, 15) is 0 Å². The second-order valence-electron chi connectivity index (χ2n) is 5.13. The van der Waals surface area contributed by atoms with Gasteiger partial charge in [0.05, 0.1) is 12.7 Å². The maximum Gasteiger partial charge on any atom is 0.0597 e. The molecule has 1 aliphatic carbocycles. The Morgan fingerprint density at radius 3 is 2.38 bits per heavy atom. The Morgan fingerprint density at radius 2 is 1.94 bits per heavy atom. The summed E-state index contributed by atoms with van der Waals surface area (Å²) < 4.78 is 5.64. The van der Waals surface area contributed by atoms with Gasteiger partial charge < -0.3 is 10.5 Å². The Morgan fingerprint density at radius 1 is 1.31 bits per heavy atom. The van der Waals surface area contributed by atoms with Crippen molar-refractivity contribution < 1.29 is 4.74 Å². The van der Waals surface area contributed by atoms with Gasteiger partial charge in [0, 0.05) is 18.6 Å². The summed E-state index contributed by atoms with van der Waals surface area (Å²) in [6, 6.07) is 0. The molecule has 0 unspecified atom stereocenters. The minimum absolute atomic E-state index is 0.273. The summed E-state index contributed by atoms with van der Waals surface area (Å²) in [7, 11) is 0. The topological polar surface area (TPSA) is 38.5 Å². The molecule has 16 heavy (non-hydrogen) atoms. The summed E-state index contributed by atoms with van der Waals surface area (Å²) in [5.74, 6) is 0. The van der Waals surface area contributed by atoms with Crippen molar-refractivity contribution in [3.05, 3.63) is 0 Å². The lowest BCUT2D eigenvalue weighted by molar-refractivity contribution is 0.0265. The largest absolute Gasteiger partial charge is 0.377 e. The molecule has 0 amide bonds. The fraction of sp³-hybridized carbons (Fsp3) is 1.00. The maximum absolute atomic E-state index is 5.99. The van der Waals surface area contributed by atoms with E-state index in [1.54, 1.807) is 0 Å². The summed E-state index contributed by atoms with van der Waals surface area (Å²) in [5, 5.41) is 0. The number of hydrogen-bond acceptors (Lipinski definition) is 3. The fourth-order valence-electron chi connectivity index (χ4n) is 2.81. The van der Waals surface area contributed by atoms with Crippen molar-refractivity contribution >= 4 is 0 Å². The monoisotopic (exact) mass is 228 g/mol. The van der Waals surface area contributed by atoms with Gasteiger partial charge in [-0.1, -0.05) is 19.8 Å². The molecule has 0 spiro atoms. The Balaban J connectivity index is 2.44. The number of ether oxygens (including phenoxy) is 1. The lowest BCUT2D eigenvalue weighted by atomic mass is 9.95. The highest BCUT2D eigenvalue weighted by molar-refractivity contribution is 4.95. The van der Waals surface area contributed by atoms with Crippen LogP contribution in [0.5, 0.6) is 0 Å². The number of nitrogens with two attached hydrogens (primary N) is 1. The third kappa shape index (κ3) is 3.44. The molecular formula is C13H28N2O. The predicted molar refractivity (Wildman–Crippen MR) is 68.6 cm³/mol. The van der Waals surface area contributed by atoms with E-state index in [1.807, 2.05) is 0 Å². The molecule has 0 saturated heterocycles. The van der Waals surface area contributed by atoms with Crippen molar-refractivity contribution in [2.45, 2.75) is 58.1 Å². The van der Waals surface area contributed by atoms with Gasteiger partial charge in [-0.05, 0) is 33.2 Å². The third-order valence-electron chi connectivity index (χ3n) is 3.78. The van der Waals surface area contributed by atoms with Crippen LogP contribution >= 0.6 is 0 Å². The van der Waals surface area contributed by atoms with Crippen molar-refractivity contribution in [2.24, 2.45) is 5.73 Å². The standard InChI is InChI=1S/C13H28N2O/c1-4-15(9-10-16-12(2)3)13(11-14)7-5-6-8-13/h12H,4-11,14H2,1-3H3. The van der Waals surface area contributed by atoms with E-state index >= 15 is 0 Å². The van der Waals surface area contributed by atoms with Crippen LogP contribution in [0.15, 0.2) is 0 Å². The van der Waals surface area contributed by atoms with Gasteiger partial charge in [0.15, 0.2) is 0 Å². The van der Waals surface area contributed by atoms with Gasteiger partial charge in [-0.2, -0.15) is 0 Å². The van der Waals surface area contributed by atoms with Crippen LogP contribution in [0.1, 0.15) is 46.5 Å². The highest BCUT2D eigenvalue weighted by Crippen LogP contribution is 2.34. The molecule has 0 bridgehead atoms. The van der Waals surface area contributed by atoms with E-state index in [1.165, 1.54) is 25.7 Å². The molecular weight excluding hydrogens is 200 g/mol. The number of rotatable bonds is 7. The molecule has 1 rings (SSSR count). The molecule has 1 aliphatic rings. The van der Waals surface area contributed by atoms with Crippen LogP contribution in [0.4, 0.5) is 0 Å². The average Bonchev–Trinajstić information content (AvgIpc) is 2.73. The summed E-state index contributed by atoms with van der Waals surface area (Å²) >= 11 is 0. The van der Waals surface area contributed by atoms with Crippen molar-refractivity contribution in [3.63, 3.8) is 0 Å². The second-order valence-corrected chi connectivity index (χ2v) is 5.13. The van der Waals surface area contributed by atoms with Gasteiger partial charge in [-0.15, -0.1) is 0 Å². The van der Waals surface area contributed by atoms with Gasteiger partial charge in [0.1, 0.15) is 0 Å². The van der Waals surface area contributed by atoms with Gasteiger partial charge in [-0.25, -0.2) is 0 Å². The molecule has 1 saturated carbocycles. The summed E-state index contributed by atoms with van der Waals surface area (Å²) in [5.41, 5.74) is 6.27. The molecule has 0 aliphatic heterocycles. The Kier molecular flexibility index (Phi) is 5.73. The van der Waals surface area contributed by atoms with Crippen LogP contribution in [0.3, 0.4) is 0 Å². The minimum Gasteiger partial charge on any atom is -0.377 e. The van der Waals surface area contributed by atoms with Gasteiger partial charge in [0.2, 0.25) is 0 Å². The highest BCUT2D eigenvalue weighted by atomic mass is 16.5. The minimum atomic E-state index is 0.273. The first-order valence-electron chi connectivity index (χ1n) is 6.71. The van der Waals surface area contributed by atoms with Crippen molar-refractivity contribution in [1.82, 2.24) is 4.90 Å². The molecule has 0 aromatic rings. The number of hydrogen-bond donors (Lipinski definition) is 1. The van der Waals surface area contributed by atoms with Gasteiger partial charge in [0.25, 0.3) is 0 Å². The first kappa shape index (κ1) is 13.9. The smallest absolute Gasteiger partial charge is 0.0597 e. The summed E-state index contributed by atoms with van der Waals surface area (Å²) in [6.07, 6.45) is 5.52. The van der Waals surface area contributed by atoms with Crippen LogP contribution in [-0.4, -0.2) is 42.8 Å². The SMILES string of the molecule is CCN(CCOC(C)C)C1(CN)CCCC1. The van der Waals surface area contributed by atoms with Crippen molar-refractivity contribution in [3.8, 4) is 0 Å². The molecule has 0 radical (unpaired) electrons. The third-order valence-corrected chi connectivity index (χ3v) is 3.78. The van der Waals surface area contributed by atoms with Crippen LogP contribution in [0.2, 0.25) is 0 Å². The predicted octanol–water partition coefficient (Wildman–Crippen LogP) is 2.00. The molecule has 0 aromatic heterocycles. The molecule has 2 N–H and O–H groups in total. The normalized spacial score (nSPS) is 19.9. The van der Waals surface area contributed by atoms with E-state index < -0.39 is 0 Å². The quantitative estimate of drug-likeness (QED) is 0.724. The Bertz CT molecular complexity index is 188. The zero-order valence-corrected chi connectivity index (χ0v) is 11.2. The average molecular weight is 228 g/mol. The van der Waals surface area contributed by atoms with Gasteiger partial charge in [-0.3, -0.25) is 4.90 Å². The first-order chi connectivity index (χ1) is 7.64. The maximum atomic E-state index is 5.99. The molecule has 3 heteroatoms. The first-order valence-corrected chi connectivity index (χ1v) is 6.71. The molecule has 3 nitrogen and oxygen atoms in total. The number of nitrogens with zero attached hydrogens (tertiary/aromatic N) is 1. The van der Waals surface area contributed by atoms with Crippen molar-refractivity contribution in [1.29, 1.82) is 0 Å². The van der Waals surface area contributed by atoms with E-state index in [0.717, 1.165) is 26.2 Å². The highest BCUT2D eigenvalue weighted by Gasteiger charge is 2.37. The zero-order valence-electron chi connectivity index (χ0n) is 11.2. The number of likely N-dealkylation sites (N-methyl/N-ethyl adjacent to an activating group) is 1. The van der Waals surface area contributed by atoms with Crippen LogP contribution in [0, 0.1) is 0 Å². The molecule has 1 fully saturated rings. The van der Waals surface area contributed by atoms with Gasteiger partial charge >= 0.3 is 0 Å². The molecule has 0 atom stereocenters. The molecule has 0 heterocycles. The Labute approximate surface area is 100 Å². The lowest BCUT2D eigenvalue weighted by Crippen LogP contribution is -2.53. The van der Waals surface area contributed by atoms with Crippen molar-refractivity contribution in [2.75, 3.05) is 26.2 Å². The van der Waals surface area contributed by atoms with Crippen LogP contribution < -0.4 is 5.73 Å². The van der Waals surface area contributed by atoms with E-state index in [-0.39, 0.29) is 5.54 Å². The summed E-state index contributed by atoms with van der Waals surface area (Å²) in [6.45, 7) is 10.1. The molecule has 0 aromatic carbocycles. The van der Waals surface area contributed by atoms with E-state index in [0.29, 0.717) is 6.10 Å². The van der Waals surface area contributed by atoms with Crippen LogP contribution in [-0.2, 0) is 4.74 Å². The summed E-state index contributed by atoms with van der Waals surface area (Å²) in [4.78, 5) is 2.53. The van der Waals surface area contributed by atoms with E-state index in [2.05, 4.69) is 25.7 Å².